The molecule has 4 nitrogen and oxygen atoms in total. The molecule has 102 valence electrons. The van der Waals surface area contributed by atoms with Crippen LogP contribution >= 0.6 is 0 Å². The Balaban J connectivity index is 1.73. The number of nitrogens with zero attached hydrogens (tertiary/aromatic N) is 2. The molecule has 0 bridgehead atoms. The van der Waals surface area contributed by atoms with Crippen LogP contribution in [-0.2, 0) is 6.54 Å². The van der Waals surface area contributed by atoms with Gasteiger partial charge < -0.3 is 5.32 Å². The van der Waals surface area contributed by atoms with Crippen LogP contribution in [0.1, 0.15) is 36.8 Å². The third-order valence-corrected chi connectivity index (χ3v) is 3.96. The normalized spacial score (nSPS) is 15.3. The van der Waals surface area contributed by atoms with E-state index >= 15 is 0 Å². The van der Waals surface area contributed by atoms with Gasteiger partial charge in [0.2, 0.25) is 0 Å². The Morgan fingerprint density at radius 1 is 1.25 bits per heavy atom. The first kappa shape index (κ1) is 12.9. The van der Waals surface area contributed by atoms with E-state index in [1.165, 1.54) is 31.2 Å². The molecule has 3 rings (SSSR count). The monoisotopic (exact) mass is 266 g/mol. The van der Waals surface area contributed by atoms with E-state index in [1.807, 2.05) is 30.5 Å². The summed E-state index contributed by atoms with van der Waals surface area (Å²) in [7, 11) is 0. The van der Waals surface area contributed by atoms with Crippen molar-refractivity contribution in [3.8, 4) is 17.3 Å². The molecule has 0 amide bonds. The first-order chi connectivity index (χ1) is 9.86. The van der Waals surface area contributed by atoms with Gasteiger partial charge in [-0.1, -0.05) is 25.0 Å². The van der Waals surface area contributed by atoms with Gasteiger partial charge in [-0.05, 0) is 30.5 Å². The molecule has 0 atom stereocenters. The lowest BCUT2D eigenvalue weighted by Gasteiger charge is -2.11. The van der Waals surface area contributed by atoms with Crippen LogP contribution in [-0.4, -0.2) is 16.2 Å². The summed E-state index contributed by atoms with van der Waals surface area (Å²) in [5.41, 5.74) is 3.98. The van der Waals surface area contributed by atoms with Crippen molar-refractivity contribution in [2.24, 2.45) is 0 Å². The second-order valence-corrected chi connectivity index (χ2v) is 5.32. The largest absolute Gasteiger partial charge is 0.310 e. The van der Waals surface area contributed by atoms with E-state index in [-0.39, 0.29) is 0 Å². The van der Waals surface area contributed by atoms with Crippen LogP contribution in [0.2, 0.25) is 0 Å². The topological polar surface area (TPSA) is 64.5 Å². The highest BCUT2D eigenvalue weighted by molar-refractivity contribution is 5.63. The maximum atomic E-state index is 8.84. The number of hydrogen-bond acceptors (Lipinski definition) is 3. The molecule has 0 unspecified atom stereocenters. The fourth-order valence-corrected chi connectivity index (χ4v) is 2.79. The molecule has 1 heterocycles. The molecule has 0 radical (unpaired) electrons. The van der Waals surface area contributed by atoms with E-state index < -0.39 is 0 Å². The Kier molecular flexibility index (Phi) is 3.80. The summed E-state index contributed by atoms with van der Waals surface area (Å²) in [5.74, 6) is 0. The van der Waals surface area contributed by atoms with E-state index in [4.69, 9.17) is 5.26 Å². The summed E-state index contributed by atoms with van der Waals surface area (Å²) in [5, 5.41) is 19.7. The smallest absolute Gasteiger partial charge is 0.0991 e. The molecule has 1 aliphatic rings. The summed E-state index contributed by atoms with van der Waals surface area (Å²) in [6.07, 6.45) is 7.13. The van der Waals surface area contributed by atoms with Gasteiger partial charge in [0.05, 0.1) is 23.5 Å². The Labute approximate surface area is 118 Å². The van der Waals surface area contributed by atoms with Crippen molar-refractivity contribution in [2.75, 3.05) is 0 Å². The molecular weight excluding hydrogens is 248 g/mol. The average Bonchev–Trinajstić information content (AvgIpc) is 3.16. The zero-order chi connectivity index (χ0) is 13.8. The van der Waals surface area contributed by atoms with Gasteiger partial charge in [0, 0.05) is 18.2 Å². The second kappa shape index (κ2) is 5.89. The maximum Gasteiger partial charge on any atom is 0.0991 e. The first-order valence-electron chi connectivity index (χ1n) is 7.13. The van der Waals surface area contributed by atoms with Gasteiger partial charge in [0.15, 0.2) is 0 Å². The van der Waals surface area contributed by atoms with E-state index in [0.717, 1.165) is 17.8 Å². The van der Waals surface area contributed by atoms with Crippen LogP contribution in [0.15, 0.2) is 30.5 Å². The maximum absolute atomic E-state index is 8.84. The van der Waals surface area contributed by atoms with Gasteiger partial charge in [0.1, 0.15) is 0 Å². The molecule has 1 aromatic heterocycles. The first-order valence-corrected chi connectivity index (χ1v) is 7.13. The molecule has 1 aliphatic carbocycles. The van der Waals surface area contributed by atoms with Gasteiger partial charge in [-0.3, -0.25) is 5.10 Å². The zero-order valence-electron chi connectivity index (χ0n) is 11.4. The quantitative estimate of drug-likeness (QED) is 0.894. The summed E-state index contributed by atoms with van der Waals surface area (Å²) in [4.78, 5) is 0. The summed E-state index contributed by atoms with van der Waals surface area (Å²) >= 11 is 0. The van der Waals surface area contributed by atoms with Crippen molar-refractivity contribution in [2.45, 2.75) is 38.3 Å². The third kappa shape index (κ3) is 2.73. The number of hydrogen-bond donors (Lipinski definition) is 2. The molecular formula is C16H18N4. The molecule has 0 saturated heterocycles. The zero-order valence-corrected chi connectivity index (χ0v) is 11.4. The lowest BCUT2D eigenvalue weighted by atomic mass is 10.1. The van der Waals surface area contributed by atoms with Crippen LogP contribution in [0.5, 0.6) is 0 Å². The number of nitrogens with one attached hydrogen (secondary N) is 2. The van der Waals surface area contributed by atoms with E-state index in [9.17, 15) is 0 Å². The summed E-state index contributed by atoms with van der Waals surface area (Å²) < 4.78 is 0. The number of aromatic nitrogens is 2. The number of rotatable bonds is 4. The molecule has 2 aromatic rings. The third-order valence-electron chi connectivity index (χ3n) is 3.96. The van der Waals surface area contributed by atoms with Crippen LogP contribution in [0, 0.1) is 11.3 Å². The standard InChI is InChI=1S/C16H18N4/c17-9-12-5-7-13(8-6-12)16-14(11-19-20-16)10-18-15-3-1-2-4-15/h5-8,11,15,18H,1-4,10H2,(H,19,20). The van der Waals surface area contributed by atoms with Gasteiger partial charge in [0.25, 0.3) is 0 Å². The van der Waals surface area contributed by atoms with Crippen molar-refractivity contribution in [1.82, 2.24) is 15.5 Å². The van der Waals surface area contributed by atoms with Gasteiger partial charge in [-0.25, -0.2) is 0 Å². The highest BCUT2D eigenvalue weighted by Crippen LogP contribution is 2.23. The Morgan fingerprint density at radius 2 is 2.00 bits per heavy atom. The predicted octanol–water partition coefficient (Wildman–Crippen LogP) is 2.98. The van der Waals surface area contributed by atoms with Crippen molar-refractivity contribution >= 4 is 0 Å². The average molecular weight is 266 g/mol. The van der Waals surface area contributed by atoms with Crippen molar-refractivity contribution in [3.63, 3.8) is 0 Å². The Morgan fingerprint density at radius 3 is 2.70 bits per heavy atom. The highest BCUT2D eigenvalue weighted by Gasteiger charge is 2.15. The molecule has 1 saturated carbocycles. The van der Waals surface area contributed by atoms with Crippen molar-refractivity contribution in [3.05, 3.63) is 41.6 Å². The SMILES string of the molecule is N#Cc1ccc(-c2[nH]ncc2CNC2CCCC2)cc1. The van der Waals surface area contributed by atoms with Crippen molar-refractivity contribution in [1.29, 1.82) is 5.26 Å². The minimum absolute atomic E-state index is 0.652. The lowest BCUT2D eigenvalue weighted by molar-refractivity contribution is 0.525. The number of aromatic amines is 1. The summed E-state index contributed by atoms with van der Waals surface area (Å²) in [6.45, 7) is 0.844. The molecule has 1 fully saturated rings. The van der Waals surface area contributed by atoms with Gasteiger partial charge in [-0.15, -0.1) is 0 Å². The van der Waals surface area contributed by atoms with Crippen LogP contribution in [0.25, 0.3) is 11.3 Å². The highest BCUT2D eigenvalue weighted by atomic mass is 15.1. The Hall–Kier alpha value is -2.12. The molecule has 2 N–H and O–H groups in total. The number of nitriles is 1. The minimum Gasteiger partial charge on any atom is -0.310 e. The fraction of sp³-hybridized carbons (Fsp3) is 0.375. The van der Waals surface area contributed by atoms with Crippen LogP contribution in [0.3, 0.4) is 0 Å². The fourth-order valence-electron chi connectivity index (χ4n) is 2.79. The molecule has 0 spiro atoms. The van der Waals surface area contributed by atoms with Gasteiger partial charge >= 0.3 is 0 Å². The van der Waals surface area contributed by atoms with Crippen molar-refractivity contribution < 1.29 is 0 Å². The molecule has 0 aliphatic heterocycles. The molecule has 20 heavy (non-hydrogen) atoms. The second-order valence-electron chi connectivity index (χ2n) is 5.32. The van der Waals surface area contributed by atoms with E-state index in [2.05, 4.69) is 21.6 Å². The number of benzene rings is 1. The van der Waals surface area contributed by atoms with Gasteiger partial charge in [-0.2, -0.15) is 10.4 Å². The van der Waals surface area contributed by atoms with Crippen LogP contribution in [0.4, 0.5) is 0 Å². The lowest BCUT2D eigenvalue weighted by Crippen LogP contribution is -2.25. The molecule has 4 heteroatoms. The predicted molar refractivity (Wildman–Crippen MR) is 77.8 cm³/mol. The van der Waals surface area contributed by atoms with Crippen LogP contribution < -0.4 is 5.32 Å². The number of H-pyrrole nitrogens is 1. The summed E-state index contributed by atoms with van der Waals surface area (Å²) in [6, 6.07) is 10.4. The Bertz CT molecular complexity index is 600. The molecule has 1 aromatic carbocycles. The van der Waals surface area contributed by atoms with E-state index in [0.29, 0.717) is 11.6 Å². The minimum atomic E-state index is 0.652. The van der Waals surface area contributed by atoms with E-state index in [1.54, 1.807) is 0 Å².